The quantitative estimate of drug-likeness (QED) is 0.516. The number of nitrogens with one attached hydrogen (secondary N) is 1. The van der Waals surface area contributed by atoms with Crippen LogP contribution in [0, 0.1) is 9.39 Å². The van der Waals surface area contributed by atoms with E-state index >= 15 is 0 Å². The monoisotopic (exact) mass is 379 g/mol. The third-order valence-electron chi connectivity index (χ3n) is 2.99. The van der Waals surface area contributed by atoms with E-state index in [0.717, 1.165) is 16.6 Å². The van der Waals surface area contributed by atoms with Crippen LogP contribution in [-0.4, -0.2) is 4.98 Å². The number of para-hydroxylation sites is 1. The average molecular weight is 379 g/mol. The Hall–Kier alpha value is -1.89. The Balaban J connectivity index is 2.08. The van der Waals surface area contributed by atoms with Crippen LogP contribution in [0.2, 0.25) is 0 Å². The van der Waals surface area contributed by atoms with E-state index in [1.807, 2.05) is 52.9 Å². The Kier molecular flexibility index (Phi) is 3.43. The van der Waals surface area contributed by atoms with Crippen molar-refractivity contribution in [2.45, 2.75) is 0 Å². The van der Waals surface area contributed by atoms with E-state index in [1.54, 1.807) is 12.3 Å². The molecule has 20 heavy (non-hydrogen) atoms. The maximum Gasteiger partial charge on any atom is 0.138 e. The fourth-order valence-corrected chi connectivity index (χ4v) is 2.51. The molecule has 0 aliphatic heterocycles. The first-order chi connectivity index (χ1) is 9.65. The Morgan fingerprint density at radius 2 is 1.90 bits per heavy atom. The van der Waals surface area contributed by atoms with Crippen molar-refractivity contribution in [1.29, 1.82) is 0 Å². The third kappa shape index (κ3) is 2.40. The lowest BCUT2D eigenvalue weighted by Crippen LogP contribution is -1.99. The average Bonchev–Trinajstić information content (AvgIpc) is 2.45. The molecule has 0 bridgehead atoms. The first-order valence-corrected chi connectivity index (χ1v) is 7.08. The summed E-state index contributed by atoms with van der Waals surface area (Å²) in [7, 11) is 0. The van der Waals surface area contributed by atoms with Crippen LogP contribution >= 0.6 is 22.6 Å². The zero-order chi connectivity index (χ0) is 14.1. The molecule has 3 nitrogen and oxygen atoms in total. The van der Waals surface area contributed by atoms with Crippen LogP contribution in [0.3, 0.4) is 0 Å². The van der Waals surface area contributed by atoms with Crippen LogP contribution in [0.25, 0.3) is 10.9 Å². The Morgan fingerprint density at radius 3 is 2.75 bits per heavy atom. The van der Waals surface area contributed by atoms with E-state index in [4.69, 9.17) is 5.73 Å². The third-order valence-corrected chi connectivity index (χ3v) is 3.82. The molecule has 0 amide bonds. The van der Waals surface area contributed by atoms with Gasteiger partial charge in [0.2, 0.25) is 0 Å². The SMILES string of the molecule is Nc1cc(I)c(F)cc1Nc1cccc2cccnc12. The van der Waals surface area contributed by atoms with Gasteiger partial charge in [0.1, 0.15) is 5.82 Å². The van der Waals surface area contributed by atoms with Gasteiger partial charge in [-0.15, -0.1) is 0 Å². The second-order valence-electron chi connectivity index (χ2n) is 4.36. The second kappa shape index (κ2) is 5.24. The van der Waals surface area contributed by atoms with Crippen molar-refractivity contribution >= 4 is 50.6 Å². The maximum atomic E-state index is 13.7. The molecule has 3 aromatic rings. The van der Waals surface area contributed by atoms with Crippen molar-refractivity contribution in [3.63, 3.8) is 0 Å². The van der Waals surface area contributed by atoms with Gasteiger partial charge in [-0.1, -0.05) is 18.2 Å². The molecule has 3 rings (SSSR count). The van der Waals surface area contributed by atoms with Gasteiger partial charge in [-0.3, -0.25) is 4.98 Å². The van der Waals surface area contributed by atoms with Gasteiger partial charge in [0.15, 0.2) is 0 Å². The topological polar surface area (TPSA) is 50.9 Å². The number of benzene rings is 2. The Labute approximate surface area is 129 Å². The lowest BCUT2D eigenvalue weighted by atomic mass is 10.2. The van der Waals surface area contributed by atoms with Crippen molar-refractivity contribution in [2.75, 3.05) is 11.1 Å². The van der Waals surface area contributed by atoms with Crippen LogP contribution in [0.4, 0.5) is 21.5 Å². The van der Waals surface area contributed by atoms with Crippen molar-refractivity contribution < 1.29 is 4.39 Å². The standard InChI is InChI=1S/C15H11FIN3/c16-10-7-14(12(18)8-11(10)17)20-13-5-1-3-9-4-2-6-19-15(9)13/h1-8,20H,18H2. The summed E-state index contributed by atoms with van der Waals surface area (Å²) < 4.78 is 14.2. The summed E-state index contributed by atoms with van der Waals surface area (Å²) in [6, 6.07) is 12.7. The summed E-state index contributed by atoms with van der Waals surface area (Å²) in [6.45, 7) is 0. The molecule has 0 unspecified atom stereocenters. The van der Waals surface area contributed by atoms with E-state index in [9.17, 15) is 4.39 Å². The van der Waals surface area contributed by atoms with E-state index in [2.05, 4.69) is 10.3 Å². The molecule has 0 saturated heterocycles. The van der Waals surface area contributed by atoms with Crippen LogP contribution in [0.1, 0.15) is 0 Å². The largest absolute Gasteiger partial charge is 0.397 e. The first-order valence-electron chi connectivity index (χ1n) is 6.00. The van der Waals surface area contributed by atoms with Gasteiger partial charge in [0, 0.05) is 17.6 Å². The maximum absolute atomic E-state index is 13.7. The number of nitrogens with zero attached hydrogens (tertiary/aromatic N) is 1. The Bertz CT molecular complexity index is 784. The number of nitrogen functional groups attached to an aromatic ring is 1. The summed E-state index contributed by atoms with van der Waals surface area (Å²) in [5, 5.41) is 4.17. The predicted molar refractivity (Wildman–Crippen MR) is 88.6 cm³/mol. The molecule has 0 fully saturated rings. The van der Waals surface area contributed by atoms with E-state index in [0.29, 0.717) is 14.9 Å². The minimum Gasteiger partial charge on any atom is -0.397 e. The normalized spacial score (nSPS) is 10.7. The highest BCUT2D eigenvalue weighted by Gasteiger charge is 2.08. The highest BCUT2D eigenvalue weighted by molar-refractivity contribution is 14.1. The zero-order valence-corrected chi connectivity index (χ0v) is 12.6. The van der Waals surface area contributed by atoms with Crippen molar-refractivity contribution in [3.05, 3.63) is 58.0 Å². The smallest absolute Gasteiger partial charge is 0.138 e. The number of pyridine rings is 1. The second-order valence-corrected chi connectivity index (χ2v) is 5.52. The fourth-order valence-electron chi connectivity index (χ4n) is 2.02. The van der Waals surface area contributed by atoms with Crippen LogP contribution in [0.5, 0.6) is 0 Å². The van der Waals surface area contributed by atoms with Crippen molar-refractivity contribution in [1.82, 2.24) is 4.98 Å². The zero-order valence-electron chi connectivity index (χ0n) is 10.4. The highest BCUT2D eigenvalue weighted by atomic mass is 127. The number of halogens is 2. The minimum absolute atomic E-state index is 0.296. The molecular weight excluding hydrogens is 368 g/mol. The number of hydrogen-bond acceptors (Lipinski definition) is 3. The molecule has 3 N–H and O–H groups in total. The number of fused-ring (bicyclic) bond motifs is 1. The van der Waals surface area contributed by atoms with Crippen LogP contribution in [0.15, 0.2) is 48.7 Å². The molecular formula is C15H11FIN3. The number of aromatic nitrogens is 1. The number of anilines is 3. The molecule has 0 radical (unpaired) electrons. The summed E-state index contributed by atoms with van der Waals surface area (Å²) in [4.78, 5) is 4.35. The van der Waals surface area contributed by atoms with Gasteiger partial charge >= 0.3 is 0 Å². The molecule has 0 aliphatic carbocycles. The Morgan fingerprint density at radius 1 is 1.10 bits per heavy atom. The molecule has 1 aromatic heterocycles. The minimum atomic E-state index is -0.296. The molecule has 2 aromatic carbocycles. The van der Waals surface area contributed by atoms with Gasteiger partial charge in [-0.25, -0.2) is 4.39 Å². The predicted octanol–water partition coefficient (Wildman–Crippen LogP) is 4.30. The molecule has 5 heteroatoms. The molecule has 0 atom stereocenters. The van der Waals surface area contributed by atoms with Crippen LogP contribution in [-0.2, 0) is 0 Å². The van der Waals surface area contributed by atoms with Gasteiger partial charge < -0.3 is 11.1 Å². The van der Waals surface area contributed by atoms with E-state index < -0.39 is 0 Å². The number of hydrogen-bond donors (Lipinski definition) is 2. The molecule has 0 saturated carbocycles. The van der Waals surface area contributed by atoms with Gasteiger partial charge in [0.25, 0.3) is 0 Å². The van der Waals surface area contributed by atoms with E-state index in [-0.39, 0.29) is 5.82 Å². The molecule has 0 aliphatic rings. The summed E-state index contributed by atoms with van der Waals surface area (Å²) >= 11 is 1.92. The van der Waals surface area contributed by atoms with Crippen LogP contribution < -0.4 is 11.1 Å². The number of nitrogens with two attached hydrogens (primary N) is 1. The fraction of sp³-hybridized carbons (Fsp3) is 0. The van der Waals surface area contributed by atoms with Crippen molar-refractivity contribution in [2.24, 2.45) is 0 Å². The van der Waals surface area contributed by atoms with E-state index in [1.165, 1.54) is 6.07 Å². The number of rotatable bonds is 2. The lowest BCUT2D eigenvalue weighted by Gasteiger charge is -2.12. The lowest BCUT2D eigenvalue weighted by molar-refractivity contribution is 0.621. The van der Waals surface area contributed by atoms with Gasteiger partial charge in [-0.2, -0.15) is 0 Å². The van der Waals surface area contributed by atoms with Gasteiger partial charge in [-0.05, 0) is 40.8 Å². The molecule has 1 heterocycles. The summed E-state index contributed by atoms with van der Waals surface area (Å²) in [5.74, 6) is -0.296. The van der Waals surface area contributed by atoms with Gasteiger partial charge in [0.05, 0.1) is 26.1 Å². The summed E-state index contributed by atoms with van der Waals surface area (Å²) in [6.07, 6.45) is 1.73. The highest BCUT2D eigenvalue weighted by Crippen LogP contribution is 2.30. The summed E-state index contributed by atoms with van der Waals surface area (Å²) in [5.41, 5.74) is 8.60. The van der Waals surface area contributed by atoms with Crippen molar-refractivity contribution in [3.8, 4) is 0 Å². The molecule has 0 spiro atoms. The molecule has 100 valence electrons. The first kappa shape index (κ1) is 13.1.